The normalized spacial score (nSPS) is 12.6. The maximum atomic E-state index is 13.2. The average molecular weight is 548 g/mol. The highest BCUT2D eigenvalue weighted by molar-refractivity contribution is 7.92. The molecular weight excluding hydrogens is 519 g/mol. The minimum absolute atomic E-state index is 0.0312. The van der Waals surface area contributed by atoms with Gasteiger partial charge in [-0.05, 0) is 48.7 Å². The van der Waals surface area contributed by atoms with Crippen LogP contribution in [-0.2, 0) is 32.3 Å². The average Bonchev–Trinajstić information content (AvgIpc) is 2.81. The number of amides is 2. The Kier molecular flexibility index (Phi) is 10.2. The second-order valence-corrected chi connectivity index (χ2v) is 10.5. The molecular formula is C24H29ClF3N3O4S. The number of rotatable bonds is 11. The summed E-state index contributed by atoms with van der Waals surface area (Å²) in [5.41, 5.74) is -0.373. The topological polar surface area (TPSA) is 86.8 Å². The number of nitrogens with one attached hydrogen (secondary N) is 1. The first-order valence-electron chi connectivity index (χ1n) is 11.2. The van der Waals surface area contributed by atoms with E-state index < -0.39 is 33.7 Å². The number of hydrogen-bond acceptors (Lipinski definition) is 4. The summed E-state index contributed by atoms with van der Waals surface area (Å²) in [4.78, 5) is 27.0. The summed E-state index contributed by atoms with van der Waals surface area (Å²) in [7, 11) is -2.46. The first-order valence-corrected chi connectivity index (χ1v) is 13.4. The Morgan fingerprint density at radius 3 is 2.28 bits per heavy atom. The predicted octanol–water partition coefficient (Wildman–Crippen LogP) is 4.46. The molecule has 2 aromatic carbocycles. The Morgan fingerprint density at radius 1 is 1.11 bits per heavy atom. The molecule has 198 valence electrons. The van der Waals surface area contributed by atoms with Gasteiger partial charge in [-0.15, -0.1) is 0 Å². The first kappa shape index (κ1) is 29.4. The van der Waals surface area contributed by atoms with Crippen LogP contribution in [0.3, 0.4) is 0 Å². The number of benzene rings is 2. The Labute approximate surface area is 214 Å². The van der Waals surface area contributed by atoms with E-state index in [4.69, 9.17) is 11.6 Å². The highest BCUT2D eigenvalue weighted by Gasteiger charge is 2.32. The molecule has 0 bridgehead atoms. The molecule has 2 rings (SSSR count). The Balaban J connectivity index is 2.22. The van der Waals surface area contributed by atoms with E-state index in [1.54, 1.807) is 31.2 Å². The van der Waals surface area contributed by atoms with E-state index in [0.717, 1.165) is 34.3 Å². The molecule has 0 aliphatic heterocycles. The monoisotopic (exact) mass is 547 g/mol. The number of alkyl halides is 3. The van der Waals surface area contributed by atoms with Crippen molar-refractivity contribution >= 4 is 39.1 Å². The zero-order valence-corrected chi connectivity index (χ0v) is 21.8. The smallest absolute Gasteiger partial charge is 0.357 e. The molecule has 0 aromatic heterocycles. The van der Waals surface area contributed by atoms with E-state index in [1.807, 2.05) is 0 Å². The van der Waals surface area contributed by atoms with Gasteiger partial charge in [0, 0.05) is 31.6 Å². The van der Waals surface area contributed by atoms with Crippen LogP contribution in [0.15, 0.2) is 48.5 Å². The Hall–Kier alpha value is -2.79. The molecule has 0 radical (unpaired) electrons. The molecule has 2 aromatic rings. The molecule has 0 fully saturated rings. The van der Waals surface area contributed by atoms with E-state index in [2.05, 4.69) is 5.32 Å². The number of anilines is 1. The van der Waals surface area contributed by atoms with Gasteiger partial charge >= 0.3 is 6.18 Å². The number of sulfonamides is 1. The van der Waals surface area contributed by atoms with Gasteiger partial charge in [-0.2, -0.15) is 13.2 Å². The Bertz CT molecular complexity index is 1160. The van der Waals surface area contributed by atoms with Crippen LogP contribution in [0.5, 0.6) is 0 Å². The van der Waals surface area contributed by atoms with Gasteiger partial charge in [0.1, 0.15) is 6.04 Å². The van der Waals surface area contributed by atoms with Crippen LogP contribution < -0.4 is 9.62 Å². The van der Waals surface area contributed by atoms with Gasteiger partial charge in [0.25, 0.3) is 0 Å². The molecule has 1 unspecified atom stereocenters. The van der Waals surface area contributed by atoms with Crippen LogP contribution in [0, 0.1) is 0 Å². The van der Waals surface area contributed by atoms with Gasteiger partial charge in [0.15, 0.2) is 0 Å². The van der Waals surface area contributed by atoms with Gasteiger partial charge in [-0.3, -0.25) is 13.9 Å². The lowest BCUT2D eigenvalue weighted by Gasteiger charge is -2.31. The summed E-state index contributed by atoms with van der Waals surface area (Å²) in [5.74, 6) is -0.737. The lowest BCUT2D eigenvalue weighted by molar-refractivity contribution is -0.141. The third kappa shape index (κ3) is 8.12. The van der Waals surface area contributed by atoms with Crippen molar-refractivity contribution in [2.45, 2.75) is 44.9 Å². The molecule has 1 atom stereocenters. The maximum absolute atomic E-state index is 13.2. The fraction of sp³-hybridized carbons (Fsp3) is 0.417. The summed E-state index contributed by atoms with van der Waals surface area (Å²) < 4.78 is 64.9. The zero-order chi connectivity index (χ0) is 27.1. The third-order valence-corrected chi connectivity index (χ3v) is 6.96. The van der Waals surface area contributed by atoms with Crippen molar-refractivity contribution in [3.8, 4) is 0 Å². The number of nitrogens with zero attached hydrogens (tertiary/aromatic N) is 2. The molecule has 12 heteroatoms. The van der Waals surface area contributed by atoms with Crippen LogP contribution in [-0.4, -0.2) is 51.0 Å². The van der Waals surface area contributed by atoms with Crippen molar-refractivity contribution in [3.63, 3.8) is 0 Å². The van der Waals surface area contributed by atoms with E-state index in [9.17, 15) is 31.2 Å². The fourth-order valence-corrected chi connectivity index (χ4v) is 4.80. The molecule has 36 heavy (non-hydrogen) atoms. The summed E-state index contributed by atoms with van der Waals surface area (Å²) in [6.07, 6.45) is -3.48. The molecule has 1 N–H and O–H groups in total. The minimum atomic E-state index is -4.63. The van der Waals surface area contributed by atoms with E-state index in [-0.39, 0.29) is 37.5 Å². The number of likely N-dealkylation sites (N-methyl/N-ethyl adjacent to an activating group) is 1. The number of hydrogen-bond donors (Lipinski definition) is 1. The second-order valence-electron chi connectivity index (χ2n) is 8.17. The highest BCUT2D eigenvalue weighted by Crippen LogP contribution is 2.32. The predicted molar refractivity (Wildman–Crippen MR) is 133 cm³/mol. The van der Waals surface area contributed by atoms with Crippen molar-refractivity contribution in [2.75, 3.05) is 24.2 Å². The SMILES string of the molecule is CCC(C(=O)NC)N(Cc1ccc(Cl)cc1)C(=O)CCCN(c1cccc(C(F)(F)F)c1)S(C)(=O)=O. The largest absolute Gasteiger partial charge is 0.416 e. The zero-order valence-electron chi connectivity index (χ0n) is 20.2. The standard InChI is InChI=1S/C24H29ClF3N3O4S/c1-4-21(23(33)29-2)30(16-17-10-12-19(25)13-11-17)22(32)9-6-14-31(36(3,34)35)20-8-5-7-18(15-20)24(26,27)28/h5,7-8,10-13,15,21H,4,6,9,14,16H2,1-3H3,(H,29,33). The van der Waals surface area contributed by atoms with Gasteiger partial charge in [0.05, 0.1) is 17.5 Å². The van der Waals surface area contributed by atoms with E-state index in [1.165, 1.54) is 18.0 Å². The van der Waals surface area contributed by atoms with E-state index >= 15 is 0 Å². The molecule has 2 amide bonds. The van der Waals surface area contributed by atoms with Gasteiger partial charge in [0.2, 0.25) is 21.8 Å². The minimum Gasteiger partial charge on any atom is -0.357 e. The number of halogens is 4. The molecule has 0 aliphatic carbocycles. The second kappa shape index (κ2) is 12.4. The fourth-order valence-electron chi connectivity index (χ4n) is 3.71. The van der Waals surface area contributed by atoms with Gasteiger partial charge in [-0.1, -0.05) is 36.7 Å². The highest BCUT2D eigenvalue weighted by atomic mass is 35.5. The van der Waals surface area contributed by atoms with Crippen LogP contribution in [0.2, 0.25) is 5.02 Å². The number of carbonyl (C=O) groups excluding carboxylic acids is 2. The van der Waals surface area contributed by atoms with Crippen molar-refractivity contribution in [3.05, 3.63) is 64.7 Å². The van der Waals surface area contributed by atoms with Crippen molar-refractivity contribution < 1.29 is 31.2 Å². The van der Waals surface area contributed by atoms with Crippen molar-refractivity contribution in [2.24, 2.45) is 0 Å². The summed E-state index contributed by atoms with van der Waals surface area (Å²) in [5, 5.41) is 3.06. The summed E-state index contributed by atoms with van der Waals surface area (Å²) >= 11 is 5.93. The Morgan fingerprint density at radius 2 is 1.75 bits per heavy atom. The van der Waals surface area contributed by atoms with Crippen molar-refractivity contribution in [1.29, 1.82) is 0 Å². The summed E-state index contributed by atoms with van der Waals surface area (Å²) in [6, 6.07) is 10.1. The van der Waals surface area contributed by atoms with Gasteiger partial charge in [-0.25, -0.2) is 8.42 Å². The molecule has 0 saturated heterocycles. The molecule has 0 aliphatic rings. The van der Waals surface area contributed by atoms with Crippen molar-refractivity contribution in [1.82, 2.24) is 10.2 Å². The van der Waals surface area contributed by atoms with E-state index in [0.29, 0.717) is 11.4 Å². The third-order valence-electron chi connectivity index (χ3n) is 5.51. The molecule has 0 spiro atoms. The van der Waals surface area contributed by atoms with Gasteiger partial charge < -0.3 is 10.2 Å². The first-order chi connectivity index (χ1) is 16.8. The molecule has 0 saturated carbocycles. The lowest BCUT2D eigenvalue weighted by Crippen LogP contribution is -2.48. The van der Waals surface area contributed by atoms with Crippen LogP contribution >= 0.6 is 11.6 Å². The van der Waals surface area contributed by atoms with Crippen LogP contribution in [0.4, 0.5) is 18.9 Å². The molecule has 7 nitrogen and oxygen atoms in total. The lowest BCUT2D eigenvalue weighted by atomic mass is 10.1. The number of carbonyl (C=O) groups is 2. The van der Waals surface area contributed by atoms with Crippen LogP contribution in [0.25, 0.3) is 0 Å². The summed E-state index contributed by atoms with van der Waals surface area (Å²) in [6.45, 7) is 1.68. The molecule has 0 heterocycles. The van der Waals surface area contributed by atoms with Crippen LogP contribution in [0.1, 0.15) is 37.3 Å². The quantitative estimate of drug-likeness (QED) is 0.450. The maximum Gasteiger partial charge on any atom is 0.416 e.